The Balaban J connectivity index is 2.04. The van der Waals surface area contributed by atoms with E-state index in [-0.39, 0.29) is 23.9 Å². The van der Waals surface area contributed by atoms with Crippen molar-refractivity contribution in [1.82, 2.24) is 4.90 Å². The molecule has 2 rings (SSSR count). The van der Waals surface area contributed by atoms with Crippen molar-refractivity contribution < 1.29 is 13.9 Å². The number of rotatable bonds is 1. The van der Waals surface area contributed by atoms with E-state index in [1.54, 1.807) is 24.0 Å². The van der Waals surface area contributed by atoms with Crippen molar-refractivity contribution >= 4 is 11.7 Å². The summed E-state index contributed by atoms with van der Waals surface area (Å²) in [6.07, 6.45) is -0.00488. The van der Waals surface area contributed by atoms with Crippen LogP contribution in [0.3, 0.4) is 0 Å². The molecule has 1 aromatic carbocycles. The normalized spacial score (nSPS) is 23.3. The second kappa shape index (κ2) is 5.57. The summed E-state index contributed by atoms with van der Waals surface area (Å²) in [5, 5.41) is 2.60. The van der Waals surface area contributed by atoms with Gasteiger partial charge in [0.2, 0.25) is 0 Å². The molecule has 1 aliphatic rings. The van der Waals surface area contributed by atoms with Crippen LogP contribution in [0.25, 0.3) is 0 Å². The van der Waals surface area contributed by atoms with Crippen LogP contribution in [0.5, 0.6) is 0 Å². The summed E-state index contributed by atoms with van der Waals surface area (Å²) in [5.41, 5.74) is 1.03. The largest absolute Gasteiger partial charge is 0.372 e. The molecule has 2 amide bonds. The standard InChI is InChI=1S/C14H19FN2O2/c1-9-4-5-13(12(15)6-9)16-14(18)17-7-10(2)19-11(3)8-17/h4-6,10-11H,7-8H2,1-3H3,(H,16,18). The fraction of sp³-hybridized carbons (Fsp3) is 0.500. The van der Waals surface area contributed by atoms with Crippen molar-refractivity contribution in [2.45, 2.75) is 33.0 Å². The molecule has 1 N–H and O–H groups in total. The van der Waals surface area contributed by atoms with E-state index in [0.717, 1.165) is 5.56 Å². The molecule has 1 aliphatic heterocycles. The quantitative estimate of drug-likeness (QED) is 0.849. The van der Waals surface area contributed by atoms with Crippen LogP contribution in [0, 0.1) is 12.7 Å². The van der Waals surface area contributed by atoms with Gasteiger partial charge in [0.1, 0.15) is 5.82 Å². The Morgan fingerprint density at radius 3 is 2.58 bits per heavy atom. The molecule has 0 spiro atoms. The van der Waals surface area contributed by atoms with Gasteiger partial charge in [-0.3, -0.25) is 0 Å². The number of carbonyl (C=O) groups is 1. The zero-order valence-corrected chi connectivity index (χ0v) is 11.4. The first kappa shape index (κ1) is 13.8. The molecule has 1 saturated heterocycles. The summed E-state index contributed by atoms with van der Waals surface area (Å²) in [6.45, 7) is 6.68. The third-order valence-corrected chi connectivity index (χ3v) is 3.07. The maximum Gasteiger partial charge on any atom is 0.322 e. The summed E-state index contributed by atoms with van der Waals surface area (Å²) in [4.78, 5) is 13.7. The molecule has 1 heterocycles. The first-order chi connectivity index (χ1) is 8.95. The van der Waals surface area contributed by atoms with E-state index in [2.05, 4.69) is 5.32 Å². The summed E-state index contributed by atoms with van der Waals surface area (Å²) >= 11 is 0. The molecule has 1 aromatic rings. The number of benzene rings is 1. The molecule has 19 heavy (non-hydrogen) atoms. The molecule has 1 fully saturated rings. The van der Waals surface area contributed by atoms with Crippen LogP contribution < -0.4 is 5.32 Å². The van der Waals surface area contributed by atoms with E-state index in [1.165, 1.54) is 6.07 Å². The van der Waals surface area contributed by atoms with Gasteiger partial charge in [0.25, 0.3) is 0 Å². The van der Waals surface area contributed by atoms with Crippen LogP contribution in [0.4, 0.5) is 14.9 Å². The van der Waals surface area contributed by atoms with Crippen LogP contribution in [0.15, 0.2) is 18.2 Å². The molecular weight excluding hydrogens is 247 g/mol. The lowest BCUT2D eigenvalue weighted by molar-refractivity contribution is -0.0530. The summed E-state index contributed by atoms with van der Waals surface area (Å²) in [5.74, 6) is -0.414. The fourth-order valence-corrected chi connectivity index (χ4v) is 2.26. The molecule has 0 aromatic heterocycles. The van der Waals surface area contributed by atoms with Gasteiger partial charge in [-0.25, -0.2) is 9.18 Å². The molecule has 5 heteroatoms. The number of ether oxygens (including phenoxy) is 1. The summed E-state index contributed by atoms with van der Waals surface area (Å²) < 4.78 is 19.2. The molecule has 0 bridgehead atoms. The van der Waals surface area contributed by atoms with Gasteiger partial charge in [-0.05, 0) is 38.5 Å². The molecule has 2 unspecified atom stereocenters. The average molecular weight is 266 g/mol. The van der Waals surface area contributed by atoms with E-state index in [0.29, 0.717) is 13.1 Å². The maximum absolute atomic E-state index is 13.7. The molecule has 104 valence electrons. The van der Waals surface area contributed by atoms with E-state index < -0.39 is 5.82 Å². The smallest absolute Gasteiger partial charge is 0.322 e. The molecule has 0 aliphatic carbocycles. The monoisotopic (exact) mass is 266 g/mol. The van der Waals surface area contributed by atoms with E-state index in [9.17, 15) is 9.18 Å². The first-order valence-electron chi connectivity index (χ1n) is 6.43. The number of morpholine rings is 1. The first-order valence-corrected chi connectivity index (χ1v) is 6.43. The number of hydrogen-bond acceptors (Lipinski definition) is 2. The predicted molar refractivity (Wildman–Crippen MR) is 71.7 cm³/mol. The van der Waals surface area contributed by atoms with E-state index >= 15 is 0 Å². The lowest BCUT2D eigenvalue weighted by Crippen LogP contribution is -2.49. The second-order valence-corrected chi connectivity index (χ2v) is 5.08. The molecule has 4 nitrogen and oxygen atoms in total. The number of halogens is 1. The van der Waals surface area contributed by atoms with Gasteiger partial charge in [0, 0.05) is 13.1 Å². The van der Waals surface area contributed by atoms with Crippen LogP contribution >= 0.6 is 0 Å². The van der Waals surface area contributed by atoms with Crippen LogP contribution in [0.1, 0.15) is 19.4 Å². The number of aryl methyl sites for hydroxylation is 1. The summed E-state index contributed by atoms with van der Waals surface area (Å²) in [7, 11) is 0. The van der Waals surface area contributed by atoms with Gasteiger partial charge in [-0.15, -0.1) is 0 Å². The molecule has 2 atom stereocenters. The highest BCUT2D eigenvalue weighted by Crippen LogP contribution is 2.17. The van der Waals surface area contributed by atoms with Crippen LogP contribution in [0.2, 0.25) is 0 Å². The number of carbonyl (C=O) groups excluding carboxylic acids is 1. The summed E-state index contributed by atoms with van der Waals surface area (Å²) in [6, 6.07) is 4.46. The topological polar surface area (TPSA) is 41.6 Å². The van der Waals surface area contributed by atoms with Crippen molar-refractivity contribution in [3.63, 3.8) is 0 Å². The van der Waals surface area contributed by atoms with Crippen LogP contribution in [-0.4, -0.2) is 36.2 Å². The molecular formula is C14H19FN2O2. The minimum absolute atomic E-state index is 0.00244. The minimum Gasteiger partial charge on any atom is -0.372 e. The van der Waals surface area contributed by atoms with Crippen molar-refractivity contribution in [3.8, 4) is 0 Å². The Bertz CT molecular complexity index is 469. The highest BCUT2D eigenvalue weighted by atomic mass is 19.1. The highest BCUT2D eigenvalue weighted by molar-refractivity contribution is 5.89. The fourth-order valence-electron chi connectivity index (χ4n) is 2.26. The minimum atomic E-state index is -0.414. The van der Waals surface area contributed by atoms with E-state index in [1.807, 2.05) is 13.8 Å². The van der Waals surface area contributed by atoms with Crippen molar-refractivity contribution in [3.05, 3.63) is 29.6 Å². The number of nitrogens with one attached hydrogen (secondary N) is 1. The Morgan fingerprint density at radius 2 is 2.00 bits per heavy atom. The van der Waals surface area contributed by atoms with Gasteiger partial charge in [-0.1, -0.05) is 6.07 Å². The lowest BCUT2D eigenvalue weighted by atomic mass is 10.2. The number of urea groups is 1. The second-order valence-electron chi connectivity index (χ2n) is 5.08. The Labute approximate surface area is 112 Å². The zero-order valence-electron chi connectivity index (χ0n) is 11.4. The third-order valence-electron chi connectivity index (χ3n) is 3.07. The van der Waals surface area contributed by atoms with E-state index in [4.69, 9.17) is 4.74 Å². The van der Waals surface area contributed by atoms with Gasteiger partial charge < -0.3 is 15.0 Å². The Kier molecular flexibility index (Phi) is 4.04. The lowest BCUT2D eigenvalue weighted by Gasteiger charge is -2.35. The SMILES string of the molecule is Cc1ccc(NC(=O)N2CC(C)OC(C)C2)c(F)c1. The van der Waals surface area contributed by atoms with Gasteiger partial charge >= 0.3 is 6.03 Å². The third kappa shape index (κ3) is 3.44. The van der Waals surface area contributed by atoms with Gasteiger partial charge in [0.15, 0.2) is 0 Å². The molecule has 0 radical (unpaired) electrons. The zero-order chi connectivity index (χ0) is 14.0. The average Bonchev–Trinajstić information content (AvgIpc) is 2.31. The highest BCUT2D eigenvalue weighted by Gasteiger charge is 2.26. The maximum atomic E-state index is 13.7. The van der Waals surface area contributed by atoms with Crippen molar-refractivity contribution in [2.75, 3.05) is 18.4 Å². The van der Waals surface area contributed by atoms with Gasteiger partial charge in [0.05, 0.1) is 17.9 Å². The van der Waals surface area contributed by atoms with Crippen molar-refractivity contribution in [1.29, 1.82) is 0 Å². The number of anilines is 1. The number of amides is 2. The molecule has 0 saturated carbocycles. The van der Waals surface area contributed by atoms with Gasteiger partial charge in [-0.2, -0.15) is 0 Å². The number of hydrogen-bond donors (Lipinski definition) is 1. The Morgan fingerprint density at radius 1 is 1.37 bits per heavy atom. The predicted octanol–water partition coefficient (Wildman–Crippen LogP) is 2.78. The number of nitrogens with zero attached hydrogens (tertiary/aromatic N) is 1. The van der Waals surface area contributed by atoms with Crippen LogP contribution in [-0.2, 0) is 4.74 Å². The van der Waals surface area contributed by atoms with Crippen molar-refractivity contribution in [2.24, 2.45) is 0 Å². The Hall–Kier alpha value is -1.62.